The minimum Gasteiger partial charge on any atom is -0.381 e. The summed E-state index contributed by atoms with van der Waals surface area (Å²) in [6.07, 6.45) is 4.10. The van der Waals surface area contributed by atoms with Crippen molar-refractivity contribution >= 4 is 17.4 Å². The quantitative estimate of drug-likeness (QED) is 0.490. The van der Waals surface area contributed by atoms with Gasteiger partial charge in [-0.3, -0.25) is 14.2 Å². The molecule has 0 saturated carbocycles. The average molecular weight is 525 g/mol. The Hall–Kier alpha value is -3.27. The van der Waals surface area contributed by atoms with Gasteiger partial charge in [-0.15, -0.1) is 0 Å². The molecule has 5 heterocycles. The zero-order valence-corrected chi connectivity index (χ0v) is 22.2. The van der Waals surface area contributed by atoms with Crippen LogP contribution in [-0.4, -0.2) is 56.7 Å². The largest absolute Gasteiger partial charge is 0.381 e. The fourth-order valence-corrected chi connectivity index (χ4v) is 6.25. The molecule has 8 nitrogen and oxygen atoms in total. The molecule has 1 saturated heterocycles. The molecule has 10 heteroatoms. The lowest BCUT2D eigenvalue weighted by atomic mass is 9.89. The normalized spacial score (nSPS) is 20.1. The van der Waals surface area contributed by atoms with Crippen LogP contribution >= 0.6 is 0 Å². The van der Waals surface area contributed by atoms with Gasteiger partial charge in [0.1, 0.15) is 0 Å². The summed E-state index contributed by atoms with van der Waals surface area (Å²) in [6, 6.07) is 3.81. The molecule has 202 valence electrons. The highest BCUT2D eigenvalue weighted by molar-refractivity contribution is 5.78. The topological polar surface area (TPSA) is 68.4 Å². The number of carbonyl (C=O) groups excluding carboxylic acids is 1. The summed E-state index contributed by atoms with van der Waals surface area (Å²) < 4.78 is 38.3. The Labute approximate surface area is 221 Å². The van der Waals surface area contributed by atoms with Crippen LogP contribution in [0.5, 0.6) is 0 Å². The number of anilines is 2. The number of amides is 1. The van der Waals surface area contributed by atoms with Gasteiger partial charge in [0.15, 0.2) is 5.82 Å². The van der Waals surface area contributed by atoms with Gasteiger partial charge >= 0.3 is 0 Å². The van der Waals surface area contributed by atoms with Crippen LogP contribution in [0.2, 0.25) is 0 Å². The molecule has 6 rings (SSSR count). The van der Waals surface area contributed by atoms with Gasteiger partial charge in [-0.05, 0) is 48.4 Å². The molecule has 0 spiro atoms. The second-order valence-corrected chi connectivity index (χ2v) is 10.9. The van der Waals surface area contributed by atoms with Crippen molar-refractivity contribution in [2.24, 2.45) is 13.0 Å². The number of aryl methyl sites for hydroxylation is 1. The van der Waals surface area contributed by atoms with Crippen molar-refractivity contribution in [1.82, 2.24) is 24.5 Å². The van der Waals surface area contributed by atoms with Crippen molar-refractivity contribution < 1.29 is 18.3 Å². The predicted octanol–water partition coefficient (Wildman–Crippen LogP) is 4.81. The summed E-state index contributed by atoms with van der Waals surface area (Å²) in [5, 5.41) is 9.38. The van der Waals surface area contributed by atoms with Crippen LogP contribution < -0.4 is 4.90 Å². The zero-order valence-electron chi connectivity index (χ0n) is 22.2. The minimum absolute atomic E-state index is 0.000560. The first-order chi connectivity index (χ1) is 18.3. The maximum atomic E-state index is 14.4. The van der Waals surface area contributed by atoms with Crippen LogP contribution in [0.4, 0.5) is 20.3 Å². The lowest BCUT2D eigenvalue weighted by Crippen LogP contribution is -2.36. The number of hydrogen-bond acceptors (Lipinski definition) is 5. The maximum Gasteiger partial charge on any atom is 0.264 e. The summed E-state index contributed by atoms with van der Waals surface area (Å²) in [4.78, 5) is 16.3. The zero-order chi connectivity index (χ0) is 26.6. The van der Waals surface area contributed by atoms with Crippen molar-refractivity contribution in [3.8, 4) is 11.1 Å². The number of fused-ring (bicyclic) bond motifs is 2. The SMILES string of the molecule is CC(=O)N1CCc2c(c(N3C[C@H](C)Cc4cc(-c5cnn(C)c5)c(C(F)F)cc43)nn2C2CCOCC2)C1. The van der Waals surface area contributed by atoms with E-state index in [9.17, 15) is 13.6 Å². The molecular weight excluding hydrogens is 490 g/mol. The summed E-state index contributed by atoms with van der Waals surface area (Å²) in [7, 11) is 1.79. The first-order valence-electron chi connectivity index (χ1n) is 13.4. The Bertz CT molecular complexity index is 1360. The molecule has 1 fully saturated rings. The van der Waals surface area contributed by atoms with E-state index < -0.39 is 6.43 Å². The maximum absolute atomic E-state index is 14.4. The van der Waals surface area contributed by atoms with E-state index in [0.717, 1.165) is 54.0 Å². The van der Waals surface area contributed by atoms with Gasteiger partial charge < -0.3 is 14.5 Å². The fourth-order valence-electron chi connectivity index (χ4n) is 6.25. The van der Waals surface area contributed by atoms with Gasteiger partial charge in [0.2, 0.25) is 5.91 Å². The number of hydrogen-bond donors (Lipinski definition) is 0. The van der Waals surface area contributed by atoms with E-state index in [0.29, 0.717) is 49.9 Å². The average Bonchev–Trinajstić information content (AvgIpc) is 3.51. The monoisotopic (exact) mass is 524 g/mol. The van der Waals surface area contributed by atoms with Crippen LogP contribution in [0.1, 0.15) is 61.5 Å². The number of alkyl halides is 2. The molecule has 3 aromatic rings. The van der Waals surface area contributed by atoms with Gasteiger partial charge in [0.25, 0.3) is 6.43 Å². The van der Waals surface area contributed by atoms with Gasteiger partial charge in [-0.1, -0.05) is 6.92 Å². The first-order valence-corrected chi connectivity index (χ1v) is 13.4. The Morgan fingerprint density at radius 3 is 2.68 bits per heavy atom. The van der Waals surface area contributed by atoms with Gasteiger partial charge in [0, 0.05) is 81.0 Å². The standard InChI is InChI=1S/C28H34F2N6O2/c1-17-10-19-11-22(20-13-31-33(3)15-20)23(27(29)30)12-26(19)35(14-17)28-24-16-34(18(2)37)7-4-25(24)36(32-28)21-5-8-38-9-6-21/h11-13,15,17,21,27H,4-10,14,16H2,1-3H3/t17-/m1/s1. The van der Waals surface area contributed by atoms with Crippen molar-refractivity contribution in [2.75, 3.05) is 31.2 Å². The van der Waals surface area contributed by atoms with E-state index in [1.165, 1.54) is 0 Å². The van der Waals surface area contributed by atoms with Crippen molar-refractivity contribution in [2.45, 2.75) is 58.5 Å². The summed E-state index contributed by atoms with van der Waals surface area (Å²) >= 11 is 0. The lowest BCUT2D eigenvalue weighted by Gasteiger charge is -2.36. The smallest absolute Gasteiger partial charge is 0.264 e. The van der Waals surface area contributed by atoms with Crippen LogP contribution in [-0.2, 0) is 36.0 Å². The summed E-state index contributed by atoms with van der Waals surface area (Å²) in [5.74, 6) is 1.13. The number of ether oxygens (including phenoxy) is 1. The van der Waals surface area contributed by atoms with Gasteiger partial charge in [-0.25, -0.2) is 8.78 Å². The fraction of sp³-hybridized carbons (Fsp3) is 0.536. The molecule has 3 aliphatic rings. The van der Waals surface area contributed by atoms with Crippen molar-refractivity contribution in [3.63, 3.8) is 0 Å². The molecule has 0 aliphatic carbocycles. The number of carbonyl (C=O) groups is 1. The molecule has 0 N–H and O–H groups in total. The molecule has 2 aromatic heterocycles. The van der Waals surface area contributed by atoms with E-state index in [1.807, 2.05) is 11.0 Å². The highest BCUT2D eigenvalue weighted by atomic mass is 19.3. The molecule has 1 atom stereocenters. The van der Waals surface area contributed by atoms with Gasteiger partial charge in [0.05, 0.1) is 18.8 Å². The van der Waals surface area contributed by atoms with E-state index in [-0.39, 0.29) is 17.5 Å². The Morgan fingerprint density at radius 1 is 1.21 bits per heavy atom. The van der Waals surface area contributed by atoms with Crippen molar-refractivity contribution in [3.05, 3.63) is 46.9 Å². The third-order valence-corrected chi connectivity index (χ3v) is 8.16. The molecule has 1 aromatic carbocycles. The number of aromatic nitrogens is 4. The van der Waals surface area contributed by atoms with E-state index in [1.54, 1.807) is 37.1 Å². The molecule has 3 aliphatic heterocycles. The number of benzene rings is 1. The van der Waals surface area contributed by atoms with E-state index >= 15 is 0 Å². The Morgan fingerprint density at radius 2 is 2.00 bits per heavy atom. The van der Waals surface area contributed by atoms with Crippen molar-refractivity contribution in [1.29, 1.82) is 0 Å². The van der Waals surface area contributed by atoms with Crippen LogP contribution in [0, 0.1) is 5.92 Å². The minimum atomic E-state index is -2.63. The predicted molar refractivity (Wildman–Crippen MR) is 140 cm³/mol. The molecule has 0 radical (unpaired) electrons. The van der Waals surface area contributed by atoms with Crippen LogP contribution in [0.25, 0.3) is 11.1 Å². The molecule has 1 amide bonds. The van der Waals surface area contributed by atoms with Crippen LogP contribution in [0.15, 0.2) is 24.5 Å². The Kier molecular flexibility index (Phi) is 6.45. The van der Waals surface area contributed by atoms with Crippen LogP contribution in [0.3, 0.4) is 0 Å². The summed E-state index contributed by atoms with van der Waals surface area (Å²) in [6.45, 7) is 7.01. The molecule has 0 unspecified atom stereocenters. The third kappa shape index (κ3) is 4.38. The van der Waals surface area contributed by atoms with E-state index in [4.69, 9.17) is 9.84 Å². The molecule has 0 bridgehead atoms. The number of rotatable bonds is 4. The molecule has 38 heavy (non-hydrogen) atoms. The third-order valence-electron chi connectivity index (χ3n) is 8.16. The first kappa shape index (κ1) is 25.0. The second kappa shape index (κ2) is 9.80. The number of halogens is 2. The highest BCUT2D eigenvalue weighted by Crippen LogP contribution is 2.44. The van der Waals surface area contributed by atoms with Gasteiger partial charge in [-0.2, -0.15) is 10.2 Å². The lowest BCUT2D eigenvalue weighted by molar-refractivity contribution is -0.129. The second-order valence-electron chi connectivity index (χ2n) is 10.9. The Balaban J connectivity index is 1.49. The highest BCUT2D eigenvalue weighted by Gasteiger charge is 2.35. The van der Waals surface area contributed by atoms with E-state index in [2.05, 4.69) is 21.6 Å². The number of nitrogens with zero attached hydrogens (tertiary/aromatic N) is 6. The molecular formula is C28H34F2N6O2. The summed E-state index contributed by atoms with van der Waals surface area (Å²) in [5.41, 5.74) is 5.22.